The molecule has 0 aliphatic heterocycles. The van der Waals surface area contributed by atoms with Gasteiger partial charge in [-0.3, -0.25) is 14.9 Å². The SMILES string of the molecule is O=C(CCCNc1ccc([N+](=O)[O-])cc1)NC(CF)C(=O)O. The summed E-state index contributed by atoms with van der Waals surface area (Å²) >= 11 is 0. The van der Waals surface area contributed by atoms with Crippen LogP contribution in [0.25, 0.3) is 0 Å². The van der Waals surface area contributed by atoms with Crippen LogP contribution in [0.4, 0.5) is 15.8 Å². The van der Waals surface area contributed by atoms with Crippen molar-refractivity contribution in [2.75, 3.05) is 18.5 Å². The first-order chi connectivity index (χ1) is 10.4. The fourth-order valence-electron chi connectivity index (χ4n) is 1.62. The minimum Gasteiger partial charge on any atom is -0.480 e. The molecule has 1 aromatic carbocycles. The van der Waals surface area contributed by atoms with Gasteiger partial charge in [-0.2, -0.15) is 0 Å². The maximum Gasteiger partial charge on any atom is 0.328 e. The molecule has 1 unspecified atom stereocenters. The van der Waals surface area contributed by atoms with Crippen LogP contribution in [0.2, 0.25) is 0 Å². The summed E-state index contributed by atoms with van der Waals surface area (Å²) in [5.74, 6) is -1.96. The average molecular weight is 313 g/mol. The summed E-state index contributed by atoms with van der Waals surface area (Å²) in [5, 5.41) is 24.1. The number of nitrogens with zero attached hydrogens (tertiary/aromatic N) is 1. The monoisotopic (exact) mass is 313 g/mol. The summed E-state index contributed by atoms with van der Waals surface area (Å²) in [4.78, 5) is 31.9. The number of hydrogen-bond acceptors (Lipinski definition) is 5. The normalized spacial score (nSPS) is 11.5. The van der Waals surface area contributed by atoms with Gasteiger partial charge in [0.15, 0.2) is 6.04 Å². The molecule has 0 bridgehead atoms. The molecule has 0 aliphatic carbocycles. The van der Waals surface area contributed by atoms with E-state index in [4.69, 9.17) is 5.11 Å². The number of carbonyl (C=O) groups excluding carboxylic acids is 1. The van der Waals surface area contributed by atoms with E-state index in [0.29, 0.717) is 18.7 Å². The predicted octanol–water partition coefficient (Wildman–Crippen LogP) is 1.33. The van der Waals surface area contributed by atoms with Crippen LogP contribution in [0.5, 0.6) is 0 Å². The third-order valence-electron chi connectivity index (χ3n) is 2.78. The first-order valence-electron chi connectivity index (χ1n) is 6.50. The Hall–Kier alpha value is -2.71. The molecule has 8 nitrogen and oxygen atoms in total. The molecule has 1 rings (SSSR count). The van der Waals surface area contributed by atoms with E-state index in [1.165, 1.54) is 12.1 Å². The van der Waals surface area contributed by atoms with Crippen molar-refractivity contribution in [3.05, 3.63) is 34.4 Å². The van der Waals surface area contributed by atoms with Crippen molar-refractivity contribution in [1.29, 1.82) is 0 Å². The summed E-state index contributed by atoms with van der Waals surface area (Å²) in [6, 6.07) is 4.28. The number of hydrogen-bond donors (Lipinski definition) is 3. The Morgan fingerprint density at radius 3 is 2.45 bits per heavy atom. The molecule has 22 heavy (non-hydrogen) atoms. The molecular formula is C13H16FN3O5. The second-order valence-electron chi connectivity index (χ2n) is 4.45. The number of carboxylic acid groups (broad SMARTS) is 1. The lowest BCUT2D eigenvalue weighted by atomic mass is 10.2. The third kappa shape index (κ3) is 5.73. The van der Waals surface area contributed by atoms with Gasteiger partial charge in [0, 0.05) is 30.8 Å². The highest BCUT2D eigenvalue weighted by molar-refractivity contribution is 5.83. The zero-order valence-electron chi connectivity index (χ0n) is 11.6. The molecule has 0 saturated carbocycles. The van der Waals surface area contributed by atoms with Crippen LogP contribution in [0.1, 0.15) is 12.8 Å². The van der Waals surface area contributed by atoms with E-state index in [-0.39, 0.29) is 12.1 Å². The number of benzene rings is 1. The van der Waals surface area contributed by atoms with Crippen molar-refractivity contribution in [1.82, 2.24) is 5.32 Å². The zero-order valence-corrected chi connectivity index (χ0v) is 11.6. The third-order valence-corrected chi connectivity index (χ3v) is 2.78. The molecule has 0 saturated heterocycles. The van der Waals surface area contributed by atoms with E-state index >= 15 is 0 Å². The van der Waals surface area contributed by atoms with Gasteiger partial charge < -0.3 is 15.7 Å². The summed E-state index contributed by atoms with van der Waals surface area (Å²) in [5.41, 5.74) is 0.647. The molecular weight excluding hydrogens is 297 g/mol. The Kier molecular flexibility index (Phi) is 6.74. The van der Waals surface area contributed by atoms with Crippen molar-refractivity contribution >= 4 is 23.3 Å². The number of carboxylic acids is 1. The topological polar surface area (TPSA) is 122 Å². The lowest BCUT2D eigenvalue weighted by Gasteiger charge is -2.11. The van der Waals surface area contributed by atoms with Gasteiger partial charge in [-0.05, 0) is 18.6 Å². The number of nitro benzene ring substituents is 1. The Bertz CT molecular complexity index is 535. The van der Waals surface area contributed by atoms with Gasteiger partial charge in [0.05, 0.1) is 4.92 Å². The molecule has 0 spiro atoms. The minimum absolute atomic E-state index is 0.0177. The molecule has 120 valence electrons. The van der Waals surface area contributed by atoms with Gasteiger partial charge in [0.1, 0.15) is 6.67 Å². The number of anilines is 1. The van der Waals surface area contributed by atoms with Crippen LogP contribution in [0.15, 0.2) is 24.3 Å². The van der Waals surface area contributed by atoms with E-state index in [1.807, 2.05) is 0 Å². The molecule has 0 radical (unpaired) electrons. The van der Waals surface area contributed by atoms with E-state index < -0.39 is 29.5 Å². The second kappa shape index (κ2) is 8.55. The number of carbonyl (C=O) groups is 2. The van der Waals surface area contributed by atoms with E-state index in [2.05, 4.69) is 10.6 Å². The zero-order chi connectivity index (χ0) is 16.5. The lowest BCUT2D eigenvalue weighted by molar-refractivity contribution is -0.384. The first kappa shape index (κ1) is 17.3. The van der Waals surface area contributed by atoms with Crippen molar-refractivity contribution in [3.63, 3.8) is 0 Å². The Balaban J connectivity index is 2.28. The molecule has 0 heterocycles. The van der Waals surface area contributed by atoms with Crippen LogP contribution in [-0.4, -0.2) is 41.2 Å². The molecule has 1 atom stereocenters. The fraction of sp³-hybridized carbons (Fsp3) is 0.385. The van der Waals surface area contributed by atoms with E-state index in [9.17, 15) is 24.1 Å². The highest BCUT2D eigenvalue weighted by Gasteiger charge is 2.18. The van der Waals surface area contributed by atoms with Gasteiger partial charge in [-0.15, -0.1) is 0 Å². The van der Waals surface area contributed by atoms with Gasteiger partial charge in [0.25, 0.3) is 5.69 Å². The second-order valence-corrected chi connectivity index (χ2v) is 4.45. The molecule has 0 fully saturated rings. The van der Waals surface area contributed by atoms with Gasteiger partial charge in [0.2, 0.25) is 5.91 Å². The van der Waals surface area contributed by atoms with Crippen molar-refractivity contribution in [2.24, 2.45) is 0 Å². The maximum atomic E-state index is 12.3. The summed E-state index contributed by atoms with van der Waals surface area (Å²) < 4.78 is 12.3. The highest BCUT2D eigenvalue weighted by Crippen LogP contribution is 2.15. The van der Waals surface area contributed by atoms with Crippen LogP contribution in [-0.2, 0) is 9.59 Å². The average Bonchev–Trinajstić information content (AvgIpc) is 2.49. The molecule has 1 aromatic rings. The quantitative estimate of drug-likeness (QED) is 0.359. The van der Waals surface area contributed by atoms with Crippen molar-refractivity contribution < 1.29 is 24.0 Å². The molecule has 3 N–H and O–H groups in total. The van der Waals surface area contributed by atoms with Crippen LogP contribution < -0.4 is 10.6 Å². The number of aliphatic carboxylic acids is 1. The number of amides is 1. The Labute approximate surface area is 125 Å². The maximum absolute atomic E-state index is 12.3. The molecule has 1 amide bonds. The molecule has 0 aromatic heterocycles. The van der Waals surface area contributed by atoms with Gasteiger partial charge >= 0.3 is 5.97 Å². The van der Waals surface area contributed by atoms with Gasteiger partial charge in [-0.1, -0.05) is 0 Å². The standard InChI is InChI=1S/C13H16FN3O5/c14-8-11(13(19)20)16-12(18)2-1-7-15-9-3-5-10(6-4-9)17(21)22/h3-6,11,15H,1-2,7-8H2,(H,16,18)(H,19,20). The van der Waals surface area contributed by atoms with Crippen molar-refractivity contribution in [2.45, 2.75) is 18.9 Å². The van der Waals surface area contributed by atoms with Crippen LogP contribution in [0, 0.1) is 10.1 Å². The number of non-ortho nitro benzene ring substituents is 1. The van der Waals surface area contributed by atoms with Gasteiger partial charge in [-0.25, -0.2) is 9.18 Å². The number of alkyl halides is 1. The summed E-state index contributed by atoms with van der Waals surface area (Å²) in [7, 11) is 0. The van der Waals surface area contributed by atoms with E-state index in [1.54, 1.807) is 12.1 Å². The largest absolute Gasteiger partial charge is 0.480 e. The first-order valence-corrected chi connectivity index (χ1v) is 6.50. The molecule has 0 aliphatic rings. The molecule has 9 heteroatoms. The fourth-order valence-corrected chi connectivity index (χ4v) is 1.62. The highest BCUT2D eigenvalue weighted by atomic mass is 19.1. The Morgan fingerprint density at radius 1 is 1.32 bits per heavy atom. The predicted molar refractivity (Wildman–Crippen MR) is 76.4 cm³/mol. The summed E-state index contributed by atoms with van der Waals surface area (Å²) in [6.07, 6.45) is 0.450. The minimum atomic E-state index is -1.52. The Morgan fingerprint density at radius 2 is 1.95 bits per heavy atom. The van der Waals surface area contributed by atoms with Crippen LogP contribution in [0.3, 0.4) is 0 Å². The number of nitro groups is 1. The smallest absolute Gasteiger partial charge is 0.328 e. The van der Waals surface area contributed by atoms with Crippen molar-refractivity contribution in [3.8, 4) is 0 Å². The van der Waals surface area contributed by atoms with E-state index in [0.717, 1.165) is 0 Å². The number of halogens is 1. The number of nitrogens with one attached hydrogen (secondary N) is 2. The lowest BCUT2D eigenvalue weighted by Crippen LogP contribution is -2.42. The summed E-state index contributed by atoms with van der Waals surface area (Å²) in [6.45, 7) is -0.749. The van der Waals surface area contributed by atoms with Crippen LogP contribution >= 0.6 is 0 Å². The number of rotatable bonds is 9.